The Morgan fingerprint density at radius 1 is 1.42 bits per heavy atom. The number of para-hydroxylation sites is 1. The molecule has 4 nitrogen and oxygen atoms in total. The summed E-state index contributed by atoms with van der Waals surface area (Å²) in [5.74, 6) is 0.761. The SMILES string of the molecule is Clc1ccccc1OC1CN(Cc2[nH]ncc2Br)C1. The zero-order valence-electron chi connectivity index (χ0n) is 10.1. The van der Waals surface area contributed by atoms with E-state index in [1.165, 1.54) is 0 Å². The van der Waals surface area contributed by atoms with Crippen molar-refractivity contribution in [1.82, 2.24) is 15.1 Å². The molecule has 100 valence electrons. The highest BCUT2D eigenvalue weighted by Crippen LogP contribution is 2.27. The Bertz CT molecular complexity index is 569. The van der Waals surface area contributed by atoms with Crippen molar-refractivity contribution in [1.29, 1.82) is 0 Å². The Kier molecular flexibility index (Phi) is 3.77. The number of rotatable bonds is 4. The van der Waals surface area contributed by atoms with Gasteiger partial charge >= 0.3 is 0 Å². The molecule has 0 atom stereocenters. The van der Waals surface area contributed by atoms with Crippen molar-refractivity contribution < 1.29 is 4.74 Å². The molecule has 3 rings (SSSR count). The lowest BCUT2D eigenvalue weighted by Gasteiger charge is -2.38. The van der Waals surface area contributed by atoms with Crippen LogP contribution in [-0.4, -0.2) is 34.3 Å². The second-order valence-corrected chi connectivity index (χ2v) is 5.82. The normalized spacial score (nSPS) is 16.3. The van der Waals surface area contributed by atoms with Crippen LogP contribution >= 0.6 is 27.5 Å². The van der Waals surface area contributed by atoms with Crippen molar-refractivity contribution in [3.8, 4) is 5.75 Å². The molecule has 6 heteroatoms. The standard InChI is InChI=1S/C13H13BrClN3O/c14-10-5-16-17-12(10)8-18-6-9(7-18)19-13-4-2-1-3-11(13)15/h1-5,9H,6-8H2,(H,16,17). The second-order valence-electron chi connectivity index (χ2n) is 4.56. The first kappa shape index (κ1) is 13.0. The van der Waals surface area contributed by atoms with Crippen molar-refractivity contribution in [3.05, 3.63) is 45.7 Å². The molecular formula is C13H13BrClN3O. The first-order valence-corrected chi connectivity index (χ1v) is 7.21. The van der Waals surface area contributed by atoms with Crippen LogP contribution in [0.15, 0.2) is 34.9 Å². The molecule has 0 radical (unpaired) electrons. The van der Waals surface area contributed by atoms with Gasteiger partial charge in [0.25, 0.3) is 0 Å². The van der Waals surface area contributed by atoms with Gasteiger partial charge in [-0.15, -0.1) is 0 Å². The molecule has 19 heavy (non-hydrogen) atoms. The maximum absolute atomic E-state index is 6.06. The van der Waals surface area contributed by atoms with Gasteiger partial charge in [-0.25, -0.2) is 0 Å². The number of aromatic amines is 1. The lowest BCUT2D eigenvalue weighted by molar-refractivity contribution is 0.0137. The average molecular weight is 343 g/mol. The summed E-state index contributed by atoms with van der Waals surface area (Å²) in [5.41, 5.74) is 1.09. The molecule has 0 amide bonds. The molecule has 1 fully saturated rings. The van der Waals surface area contributed by atoms with E-state index in [4.69, 9.17) is 16.3 Å². The number of hydrogen-bond acceptors (Lipinski definition) is 3. The molecule has 1 aromatic heterocycles. The number of nitrogens with one attached hydrogen (secondary N) is 1. The average Bonchev–Trinajstić information content (AvgIpc) is 2.75. The van der Waals surface area contributed by atoms with E-state index in [2.05, 4.69) is 31.0 Å². The van der Waals surface area contributed by atoms with E-state index in [1.807, 2.05) is 24.3 Å². The van der Waals surface area contributed by atoms with Gasteiger partial charge in [0.1, 0.15) is 11.9 Å². The Labute approximate surface area is 124 Å². The van der Waals surface area contributed by atoms with E-state index in [0.29, 0.717) is 5.02 Å². The summed E-state index contributed by atoms with van der Waals surface area (Å²) in [6.07, 6.45) is 1.98. The minimum absolute atomic E-state index is 0.210. The molecule has 0 bridgehead atoms. The molecular weight excluding hydrogens is 330 g/mol. The first-order chi connectivity index (χ1) is 9.22. The molecule has 0 spiro atoms. The highest BCUT2D eigenvalue weighted by atomic mass is 79.9. The molecule has 2 aromatic rings. The predicted molar refractivity (Wildman–Crippen MR) is 77.4 cm³/mol. The maximum atomic E-state index is 6.06. The van der Waals surface area contributed by atoms with Gasteiger partial charge in [-0.3, -0.25) is 10.00 Å². The van der Waals surface area contributed by atoms with Gasteiger partial charge < -0.3 is 4.74 Å². The van der Waals surface area contributed by atoms with Gasteiger partial charge in [-0.1, -0.05) is 23.7 Å². The van der Waals surface area contributed by atoms with Crippen LogP contribution in [0.25, 0.3) is 0 Å². The number of halogens is 2. The summed E-state index contributed by atoms with van der Waals surface area (Å²) >= 11 is 9.52. The Morgan fingerprint density at radius 2 is 2.21 bits per heavy atom. The summed E-state index contributed by atoms with van der Waals surface area (Å²) < 4.78 is 6.87. The number of nitrogens with zero attached hydrogens (tertiary/aromatic N) is 2. The fraction of sp³-hybridized carbons (Fsp3) is 0.308. The van der Waals surface area contributed by atoms with Gasteiger partial charge in [0.05, 0.1) is 21.4 Å². The smallest absolute Gasteiger partial charge is 0.138 e. The lowest BCUT2D eigenvalue weighted by Crippen LogP contribution is -2.53. The van der Waals surface area contributed by atoms with Crippen LogP contribution in [0.1, 0.15) is 5.69 Å². The zero-order chi connectivity index (χ0) is 13.2. The number of likely N-dealkylation sites (tertiary alicyclic amines) is 1. The third-order valence-corrected chi connectivity index (χ3v) is 4.10. The monoisotopic (exact) mass is 341 g/mol. The summed E-state index contributed by atoms with van der Waals surface area (Å²) in [6.45, 7) is 2.65. The summed E-state index contributed by atoms with van der Waals surface area (Å²) in [6, 6.07) is 7.57. The van der Waals surface area contributed by atoms with E-state index in [-0.39, 0.29) is 6.10 Å². The van der Waals surface area contributed by atoms with Gasteiger partial charge in [0.2, 0.25) is 0 Å². The van der Waals surface area contributed by atoms with Crippen LogP contribution < -0.4 is 4.74 Å². The van der Waals surface area contributed by atoms with Gasteiger partial charge in [-0.2, -0.15) is 5.10 Å². The minimum atomic E-state index is 0.210. The maximum Gasteiger partial charge on any atom is 0.138 e. The molecule has 0 unspecified atom stereocenters. The van der Waals surface area contributed by atoms with Crippen molar-refractivity contribution in [2.24, 2.45) is 0 Å². The second kappa shape index (κ2) is 5.53. The van der Waals surface area contributed by atoms with Crippen LogP contribution in [0.4, 0.5) is 0 Å². The Balaban J connectivity index is 1.51. The molecule has 1 N–H and O–H groups in total. The molecule has 0 saturated carbocycles. The third kappa shape index (κ3) is 2.94. The number of ether oxygens (including phenoxy) is 1. The molecule has 1 aliphatic heterocycles. The third-order valence-electron chi connectivity index (χ3n) is 3.10. The number of aromatic nitrogens is 2. The predicted octanol–water partition coefficient (Wildman–Crippen LogP) is 3.09. The summed E-state index contributed by atoms with van der Waals surface area (Å²) in [5, 5.41) is 7.63. The topological polar surface area (TPSA) is 41.1 Å². The van der Waals surface area contributed by atoms with Gasteiger partial charge in [0.15, 0.2) is 0 Å². The highest BCUT2D eigenvalue weighted by Gasteiger charge is 2.29. The number of benzene rings is 1. The zero-order valence-corrected chi connectivity index (χ0v) is 12.5. The van der Waals surface area contributed by atoms with Gasteiger partial charge in [0, 0.05) is 19.6 Å². The van der Waals surface area contributed by atoms with E-state index in [9.17, 15) is 0 Å². The molecule has 0 aliphatic carbocycles. The summed E-state index contributed by atoms with van der Waals surface area (Å²) in [7, 11) is 0. The van der Waals surface area contributed by atoms with E-state index < -0.39 is 0 Å². The van der Waals surface area contributed by atoms with E-state index in [1.54, 1.807) is 6.20 Å². The first-order valence-electron chi connectivity index (χ1n) is 6.03. The lowest BCUT2D eigenvalue weighted by atomic mass is 10.1. The number of hydrogen-bond donors (Lipinski definition) is 1. The Morgan fingerprint density at radius 3 is 2.89 bits per heavy atom. The van der Waals surface area contributed by atoms with Crippen molar-refractivity contribution >= 4 is 27.5 Å². The van der Waals surface area contributed by atoms with Crippen LogP contribution in [0.5, 0.6) is 5.75 Å². The largest absolute Gasteiger partial charge is 0.486 e. The van der Waals surface area contributed by atoms with Gasteiger partial charge in [-0.05, 0) is 28.1 Å². The highest BCUT2D eigenvalue weighted by molar-refractivity contribution is 9.10. The van der Waals surface area contributed by atoms with Crippen LogP contribution in [0.2, 0.25) is 5.02 Å². The number of H-pyrrole nitrogens is 1. The molecule has 1 aliphatic rings. The van der Waals surface area contributed by atoms with Crippen molar-refractivity contribution in [3.63, 3.8) is 0 Å². The van der Waals surface area contributed by atoms with Crippen LogP contribution in [0, 0.1) is 0 Å². The summed E-state index contributed by atoms with van der Waals surface area (Å²) in [4.78, 5) is 2.29. The fourth-order valence-electron chi connectivity index (χ4n) is 2.08. The van der Waals surface area contributed by atoms with E-state index >= 15 is 0 Å². The quantitative estimate of drug-likeness (QED) is 0.928. The fourth-order valence-corrected chi connectivity index (χ4v) is 2.58. The molecule has 1 aromatic carbocycles. The van der Waals surface area contributed by atoms with Crippen molar-refractivity contribution in [2.75, 3.05) is 13.1 Å². The van der Waals surface area contributed by atoms with E-state index in [0.717, 1.165) is 35.6 Å². The minimum Gasteiger partial charge on any atom is -0.486 e. The van der Waals surface area contributed by atoms with Crippen molar-refractivity contribution in [2.45, 2.75) is 12.6 Å². The molecule has 1 saturated heterocycles. The Hall–Kier alpha value is -1.04. The van der Waals surface area contributed by atoms with Crippen LogP contribution in [0.3, 0.4) is 0 Å². The van der Waals surface area contributed by atoms with Crippen LogP contribution in [-0.2, 0) is 6.54 Å². The molecule has 2 heterocycles.